The number of nitrogens with zero attached hydrogens (tertiary/aromatic N) is 2. The first-order chi connectivity index (χ1) is 8.79. The van der Waals surface area contributed by atoms with Crippen molar-refractivity contribution in [2.24, 2.45) is 0 Å². The third-order valence-corrected chi connectivity index (χ3v) is 6.90. The Hall–Kier alpha value is -0.113. The number of fused-ring (bicyclic) bond motifs is 1. The Morgan fingerprint density at radius 3 is 2.74 bits per heavy atom. The zero-order valence-electron chi connectivity index (χ0n) is 11.6. The van der Waals surface area contributed by atoms with Crippen molar-refractivity contribution >= 4 is 53.3 Å². The van der Waals surface area contributed by atoms with E-state index in [-0.39, 0.29) is 5.73 Å². The zero-order valence-corrected chi connectivity index (χ0v) is 15.5. The number of ether oxygens (including phenoxy) is 1. The summed E-state index contributed by atoms with van der Waals surface area (Å²) in [7, 11) is -1.29. The molecule has 0 aliphatic carbocycles. The molecule has 1 aromatic heterocycles. The zero-order chi connectivity index (χ0) is 14.2. The number of halogens is 2. The molecular weight excluding hydrogens is 391 g/mol. The van der Waals surface area contributed by atoms with Gasteiger partial charge in [0.25, 0.3) is 0 Å². The summed E-state index contributed by atoms with van der Waals surface area (Å²) in [4.78, 5) is 4.37. The van der Waals surface area contributed by atoms with Crippen LogP contribution < -0.4 is 0 Å². The number of hydrogen-bond acceptors (Lipinski definition) is 2. The summed E-state index contributed by atoms with van der Waals surface area (Å²) in [5, 5.41) is 0.486. The van der Waals surface area contributed by atoms with Crippen LogP contribution in [0.3, 0.4) is 0 Å². The Labute approximate surface area is 133 Å². The standard InChI is InChI=1S/C13H18ClIN2OSi/c1-9(19(2,3)4)18-8-17-12-6-5-10(15)7-11(12)16-13(17)14/h5-7,9H,8H2,1-4H3. The van der Waals surface area contributed by atoms with Crippen molar-refractivity contribution in [1.82, 2.24) is 9.55 Å². The molecule has 0 aliphatic rings. The van der Waals surface area contributed by atoms with Gasteiger partial charge >= 0.3 is 0 Å². The lowest BCUT2D eigenvalue weighted by molar-refractivity contribution is 0.0591. The molecule has 1 heterocycles. The van der Waals surface area contributed by atoms with Gasteiger partial charge in [0.1, 0.15) is 6.73 Å². The summed E-state index contributed by atoms with van der Waals surface area (Å²) in [6.07, 6.45) is 0. The van der Waals surface area contributed by atoms with Crippen molar-refractivity contribution in [2.45, 2.75) is 39.0 Å². The molecule has 0 fully saturated rings. The molecule has 0 radical (unpaired) electrons. The second-order valence-corrected chi connectivity index (χ2v) is 12.9. The Morgan fingerprint density at radius 1 is 1.42 bits per heavy atom. The molecule has 1 aromatic carbocycles. The van der Waals surface area contributed by atoms with Crippen molar-refractivity contribution in [3.05, 3.63) is 27.1 Å². The average Bonchev–Trinajstić information content (AvgIpc) is 2.59. The minimum Gasteiger partial charge on any atom is -0.361 e. The van der Waals surface area contributed by atoms with Crippen LogP contribution in [-0.4, -0.2) is 23.4 Å². The highest BCUT2D eigenvalue weighted by molar-refractivity contribution is 14.1. The van der Waals surface area contributed by atoms with Gasteiger partial charge in [-0.15, -0.1) is 0 Å². The van der Waals surface area contributed by atoms with Gasteiger partial charge in [-0.1, -0.05) is 19.6 Å². The van der Waals surface area contributed by atoms with Gasteiger partial charge in [-0.05, 0) is 59.3 Å². The molecule has 104 valence electrons. The molecule has 0 saturated heterocycles. The topological polar surface area (TPSA) is 27.1 Å². The molecule has 0 spiro atoms. The average molecular weight is 409 g/mol. The Bertz CT molecular complexity index is 594. The molecule has 19 heavy (non-hydrogen) atoms. The van der Waals surface area contributed by atoms with Crippen LogP contribution in [0.1, 0.15) is 6.92 Å². The summed E-state index contributed by atoms with van der Waals surface area (Å²) >= 11 is 8.47. The molecule has 1 unspecified atom stereocenters. The maximum absolute atomic E-state index is 6.20. The van der Waals surface area contributed by atoms with Crippen LogP contribution in [0.4, 0.5) is 0 Å². The third-order valence-electron chi connectivity index (χ3n) is 3.34. The van der Waals surface area contributed by atoms with E-state index < -0.39 is 8.07 Å². The van der Waals surface area contributed by atoms with Crippen LogP contribution in [0.2, 0.25) is 24.9 Å². The van der Waals surface area contributed by atoms with E-state index in [0.717, 1.165) is 14.6 Å². The first kappa shape index (κ1) is 15.3. The highest BCUT2D eigenvalue weighted by atomic mass is 127. The summed E-state index contributed by atoms with van der Waals surface area (Å²) in [5.74, 6) is 0. The van der Waals surface area contributed by atoms with E-state index in [2.05, 4.69) is 60.2 Å². The first-order valence-electron chi connectivity index (χ1n) is 6.22. The number of imidazole rings is 1. The summed E-state index contributed by atoms with van der Waals surface area (Å²) < 4.78 is 9.04. The molecule has 1 atom stereocenters. The summed E-state index contributed by atoms with van der Waals surface area (Å²) in [6.45, 7) is 9.50. The highest BCUT2D eigenvalue weighted by Gasteiger charge is 2.23. The summed E-state index contributed by atoms with van der Waals surface area (Å²) in [6, 6.07) is 6.12. The molecule has 2 rings (SSSR count). The fraction of sp³-hybridized carbons (Fsp3) is 0.462. The number of rotatable bonds is 4. The first-order valence-corrected chi connectivity index (χ1v) is 11.3. The van der Waals surface area contributed by atoms with Crippen LogP contribution in [0.25, 0.3) is 11.0 Å². The monoisotopic (exact) mass is 408 g/mol. The summed E-state index contributed by atoms with van der Waals surface area (Å²) in [5.41, 5.74) is 2.22. The molecular formula is C13H18ClIN2OSi. The van der Waals surface area contributed by atoms with Gasteiger partial charge in [0.15, 0.2) is 0 Å². The van der Waals surface area contributed by atoms with E-state index >= 15 is 0 Å². The van der Waals surface area contributed by atoms with Crippen LogP contribution >= 0.6 is 34.2 Å². The van der Waals surface area contributed by atoms with E-state index in [1.807, 2.05) is 16.7 Å². The van der Waals surface area contributed by atoms with Gasteiger partial charge in [-0.2, -0.15) is 0 Å². The SMILES string of the molecule is CC(OCn1c(Cl)nc2cc(I)ccc21)[Si](C)(C)C. The lowest BCUT2D eigenvalue weighted by Gasteiger charge is -2.25. The van der Waals surface area contributed by atoms with Gasteiger partial charge in [-0.3, -0.25) is 4.57 Å². The molecule has 0 N–H and O–H groups in total. The Morgan fingerprint density at radius 2 is 2.11 bits per heavy atom. The van der Waals surface area contributed by atoms with E-state index in [1.165, 1.54) is 0 Å². The quantitative estimate of drug-likeness (QED) is 0.549. The van der Waals surface area contributed by atoms with Crippen molar-refractivity contribution in [2.75, 3.05) is 0 Å². The maximum atomic E-state index is 6.20. The van der Waals surface area contributed by atoms with Crippen molar-refractivity contribution in [3.63, 3.8) is 0 Å². The minimum atomic E-state index is -1.29. The largest absolute Gasteiger partial charge is 0.361 e. The number of benzene rings is 1. The van der Waals surface area contributed by atoms with Crippen LogP contribution in [0.5, 0.6) is 0 Å². The second kappa shape index (κ2) is 5.71. The van der Waals surface area contributed by atoms with Crippen LogP contribution in [-0.2, 0) is 11.5 Å². The Balaban J connectivity index is 2.24. The lowest BCUT2D eigenvalue weighted by atomic mass is 10.3. The number of hydrogen-bond donors (Lipinski definition) is 0. The van der Waals surface area contributed by atoms with Gasteiger partial charge in [0.2, 0.25) is 5.28 Å². The molecule has 3 nitrogen and oxygen atoms in total. The molecule has 2 aromatic rings. The maximum Gasteiger partial charge on any atom is 0.205 e. The van der Waals surface area contributed by atoms with Crippen molar-refractivity contribution in [1.29, 1.82) is 0 Å². The van der Waals surface area contributed by atoms with Gasteiger partial charge < -0.3 is 4.74 Å². The van der Waals surface area contributed by atoms with Gasteiger partial charge in [0.05, 0.1) is 19.1 Å². The van der Waals surface area contributed by atoms with E-state index in [1.54, 1.807) is 0 Å². The van der Waals surface area contributed by atoms with Crippen molar-refractivity contribution in [3.8, 4) is 0 Å². The smallest absolute Gasteiger partial charge is 0.205 e. The van der Waals surface area contributed by atoms with Gasteiger partial charge in [0, 0.05) is 9.30 Å². The van der Waals surface area contributed by atoms with Crippen LogP contribution in [0.15, 0.2) is 18.2 Å². The fourth-order valence-corrected chi connectivity index (χ4v) is 2.91. The third kappa shape index (κ3) is 3.51. The highest BCUT2D eigenvalue weighted by Crippen LogP contribution is 2.22. The van der Waals surface area contributed by atoms with E-state index in [9.17, 15) is 0 Å². The molecule has 6 heteroatoms. The number of aromatic nitrogens is 2. The van der Waals surface area contributed by atoms with Gasteiger partial charge in [-0.25, -0.2) is 4.98 Å². The fourth-order valence-electron chi connectivity index (χ4n) is 1.63. The molecule has 0 bridgehead atoms. The van der Waals surface area contributed by atoms with E-state index in [0.29, 0.717) is 12.0 Å². The molecule has 0 aliphatic heterocycles. The Kier molecular flexibility index (Phi) is 4.59. The predicted octanol–water partition coefficient (Wildman–Crippen LogP) is 4.53. The molecule has 0 saturated carbocycles. The van der Waals surface area contributed by atoms with Crippen molar-refractivity contribution < 1.29 is 4.74 Å². The normalized spacial score (nSPS) is 14.0. The lowest BCUT2D eigenvalue weighted by Crippen LogP contribution is -2.38. The molecule has 0 amide bonds. The van der Waals surface area contributed by atoms with E-state index in [4.69, 9.17) is 16.3 Å². The van der Waals surface area contributed by atoms with Crippen LogP contribution in [0, 0.1) is 3.57 Å². The second-order valence-electron chi connectivity index (χ2n) is 5.75. The predicted molar refractivity (Wildman–Crippen MR) is 91.4 cm³/mol. The minimum absolute atomic E-state index is 0.282.